The van der Waals surface area contributed by atoms with Crippen LogP contribution in [0.15, 0.2) is 57.4 Å². The van der Waals surface area contributed by atoms with Crippen molar-refractivity contribution < 1.29 is 17.6 Å². The van der Waals surface area contributed by atoms with Crippen LogP contribution < -0.4 is 0 Å². The van der Waals surface area contributed by atoms with Crippen LogP contribution in [-0.4, -0.2) is 10.2 Å². The Kier molecular flexibility index (Phi) is 5.03. The molecule has 0 atom stereocenters. The third kappa shape index (κ3) is 4.57. The average molecular weight is 409 g/mol. The summed E-state index contributed by atoms with van der Waals surface area (Å²) in [5, 5.41) is 7.76. The molecule has 3 rings (SSSR count). The molecule has 0 aliphatic heterocycles. The zero-order chi connectivity index (χ0) is 17.9. The minimum atomic E-state index is -4.42. The number of nitrogens with zero attached hydrogens (tertiary/aromatic N) is 2. The molecule has 2 aromatic carbocycles. The van der Waals surface area contributed by atoms with Gasteiger partial charge in [0.25, 0.3) is 0 Å². The first-order valence-electron chi connectivity index (χ1n) is 7.33. The molecule has 128 valence electrons. The molecule has 1 aromatic heterocycles. The summed E-state index contributed by atoms with van der Waals surface area (Å²) in [6.07, 6.45) is -1.28. The van der Waals surface area contributed by atoms with E-state index >= 15 is 0 Å². The fourth-order valence-electron chi connectivity index (χ4n) is 2.29. The third-order valence-electron chi connectivity index (χ3n) is 3.40. The molecule has 0 aliphatic rings. The first kappa shape index (κ1) is 17.4. The lowest BCUT2D eigenvalue weighted by molar-refractivity contribution is -0.137. The molecule has 0 radical (unpaired) electrons. The maximum Gasteiger partial charge on any atom is 0.416 e. The van der Waals surface area contributed by atoms with Crippen LogP contribution in [0.5, 0.6) is 0 Å². The number of alkyl halides is 3. The summed E-state index contributed by atoms with van der Waals surface area (Å²) >= 11 is 3.38. The number of halogens is 4. The van der Waals surface area contributed by atoms with Crippen LogP contribution >= 0.6 is 15.9 Å². The highest BCUT2D eigenvalue weighted by Gasteiger charge is 2.32. The van der Waals surface area contributed by atoms with Crippen molar-refractivity contribution in [1.82, 2.24) is 10.2 Å². The van der Waals surface area contributed by atoms with E-state index in [0.717, 1.165) is 16.1 Å². The quantitative estimate of drug-likeness (QED) is 0.562. The molecule has 3 nitrogen and oxygen atoms in total. The Balaban J connectivity index is 1.77. The van der Waals surface area contributed by atoms with E-state index in [1.165, 1.54) is 24.3 Å². The smallest absolute Gasteiger partial charge is 0.416 e. The van der Waals surface area contributed by atoms with Crippen molar-refractivity contribution in [3.05, 3.63) is 81.5 Å². The van der Waals surface area contributed by atoms with Crippen LogP contribution in [0.1, 0.15) is 28.5 Å². The highest BCUT2D eigenvalue weighted by molar-refractivity contribution is 9.10. The van der Waals surface area contributed by atoms with Crippen molar-refractivity contribution in [2.75, 3.05) is 0 Å². The summed E-state index contributed by atoms with van der Waals surface area (Å²) in [4.78, 5) is 0. The van der Waals surface area contributed by atoms with Crippen LogP contribution in [0.4, 0.5) is 13.2 Å². The average Bonchev–Trinajstić information content (AvgIpc) is 3.00. The van der Waals surface area contributed by atoms with Gasteiger partial charge in [-0.2, -0.15) is 13.2 Å². The normalized spacial score (nSPS) is 12.0. The molecule has 0 saturated carbocycles. The standard InChI is InChI=1S/C18H12BrF3N2O/c19-14-6-3-4-12(10-14)11-17-24-23-16(25-17)9-8-13-5-1-2-7-15(13)18(20,21)22/h1-10H,11H2. The topological polar surface area (TPSA) is 38.9 Å². The molecule has 0 amide bonds. The van der Waals surface area contributed by atoms with E-state index in [4.69, 9.17) is 4.42 Å². The predicted octanol–water partition coefficient (Wildman–Crippen LogP) is 5.61. The van der Waals surface area contributed by atoms with E-state index in [0.29, 0.717) is 12.3 Å². The van der Waals surface area contributed by atoms with Crippen LogP contribution in [-0.2, 0) is 12.6 Å². The molecule has 3 aromatic rings. The van der Waals surface area contributed by atoms with Crippen LogP contribution in [0.3, 0.4) is 0 Å². The largest absolute Gasteiger partial charge is 0.421 e. The number of hydrogen-bond acceptors (Lipinski definition) is 3. The Morgan fingerprint density at radius 2 is 1.80 bits per heavy atom. The molecule has 0 saturated heterocycles. The Bertz CT molecular complexity index is 903. The number of hydrogen-bond donors (Lipinski definition) is 0. The summed E-state index contributed by atoms with van der Waals surface area (Å²) in [7, 11) is 0. The Hall–Kier alpha value is -2.41. The van der Waals surface area contributed by atoms with E-state index in [-0.39, 0.29) is 11.5 Å². The molecule has 0 bridgehead atoms. The molecular weight excluding hydrogens is 397 g/mol. The van der Waals surface area contributed by atoms with Crippen molar-refractivity contribution in [1.29, 1.82) is 0 Å². The molecule has 0 aliphatic carbocycles. The maximum atomic E-state index is 13.0. The van der Waals surface area contributed by atoms with E-state index in [1.807, 2.05) is 24.3 Å². The Morgan fingerprint density at radius 3 is 2.56 bits per heavy atom. The Morgan fingerprint density at radius 1 is 1.00 bits per heavy atom. The van der Waals surface area contributed by atoms with Crippen molar-refractivity contribution >= 4 is 28.1 Å². The molecule has 0 N–H and O–H groups in total. The van der Waals surface area contributed by atoms with Gasteiger partial charge in [0.1, 0.15) is 0 Å². The Labute approximate surface area is 150 Å². The summed E-state index contributed by atoms with van der Waals surface area (Å²) in [6.45, 7) is 0. The van der Waals surface area contributed by atoms with Crippen LogP contribution in [0, 0.1) is 0 Å². The van der Waals surface area contributed by atoms with Gasteiger partial charge >= 0.3 is 6.18 Å². The molecule has 0 fully saturated rings. The summed E-state index contributed by atoms with van der Waals surface area (Å²) < 4.78 is 45.3. The zero-order valence-corrected chi connectivity index (χ0v) is 14.4. The van der Waals surface area contributed by atoms with Crippen LogP contribution in [0.2, 0.25) is 0 Å². The predicted molar refractivity (Wildman–Crippen MR) is 91.6 cm³/mol. The van der Waals surface area contributed by atoms with Gasteiger partial charge in [-0.25, -0.2) is 0 Å². The van der Waals surface area contributed by atoms with Gasteiger partial charge < -0.3 is 4.42 Å². The second-order valence-electron chi connectivity index (χ2n) is 5.26. The molecule has 7 heteroatoms. The second-order valence-corrected chi connectivity index (χ2v) is 6.17. The fraction of sp³-hybridized carbons (Fsp3) is 0.111. The van der Waals surface area contributed by atoms with E-state index in [2.05, 4.69) is 26.1 Å². The fourth-order valence-corrected chi connectivity index (χ4v) is 2.74. The molecule has 1 heterocycles. The van der Waals surface area contributed by atoms with Gasteiger partial charge in [-0.1, -0.05) is 46.3 Å². The van der Waals surface area contributed by atoms with Gasteiger partial charge in [0.2, 0.25) is 11.8 Å². The van der Waals surface area contributed by atoms with Crippen molar-refractivity contribution in [2.24, 2.45) is 0 Å². The molecule has 0 spiro atoms. The molecular formula is C18H12BrF3N2O. The van der Waals surface area contributed by atoms with Gasteiger partial charge in [0, 0.05) is 10.5 Å². The number of rotatable bonds is 4. The van der Waals surface area contributed by atoms with Crippen molar-refractivity contribution in [2.45, 2.75) is 12.6 Å². The SMILES string of the molecule is FC(F)(F)c1ccccc1C=Cc1nnc(Cc2cccc(Br)c2)o1. The molecule has 0 unspecified atom stereocenters. The maximum absolute atomic E-state index is 13.0. The zero-order valence-electron chi connectivity index (χ0n) is 12.8. The minimum Gasteiger partial charge on any atom is -0.421 e. The summed E-state index contributed by atoms with van der Waals surface area (Å²) in [5.74, 6) is 0.545. The van der Waals surface area contributed by atoms with E-state index < -0.39 is 11.7 Å². The number of benzene rings is 2. The highest BCUT2D eigenvalue weighted by atomic mass is 79.9. The first-order chi connectivity index (χ1) is 11.9. The van der Waals surface area contributed by atoms with Crippen molar-refractivity contribution in [3.63, 3.8) is 0 Å². The first-order valence-corrected chi connectivity index (χ1v) is 8.12. The van der Waals surface area contributed by atoms with Gasteiger partial charge in [0.15, 0.2) is 0 Å². The lowest BCUT2D eigenvalue weighted by Crippen LogP contribution is -2.06. The number of aromatic nitrogens is 2. The lowest BCUT2D eigenvalue weighted by atomic mass is 10.1. The monoisotopic (exact) mass is 408 g/mol. The van der Waals surface area contributed by atoms with E-state index in [9.17, 15) is 13.2 Å². The van der Waals surface area contributed by atoms with Gasteiger partial charge in [0.05, 0.1) is 12.0 Å². The van der Waals surface area contributed by atoms with Gasteiger partial charge in [-0.15, -0.1) is 10.2 Å². The third-order valence-corrected chi connectivity index (χ3v) is 3.89. The minimum absolute atomic E-state index is 0.0433. The van der Waals surface area contributed by atoms with Gasteiger partial charge in [-0.3, -0.25) is 0 Å². The lowest BCUT2D eigenvalue weighted by Gasteiger charge is -2.09. The summed E-state index contributed by atoms with van der Waals surface area (Å²) in [5.41, 5.74) is 0.317. The van der Waals surface area contributed by atoms with Crippen LogP contribution in [0.25, 0.3) is 12.2 Å². The summed E-state index contributed by atoms with van der Waals surface area (Å²) in [6, 6.07) is 13.0. The van der Waals surface area contributed by atoms with Crippen molar-refractivity contribution in [3.8, 4) is 0 Å². The molecule has 25 heavy (non-hydrogen) atoms. The highest BCUT2D eigenvalue weighted by Crippen LogP contribution is 2.32. The van der Waals surface area contributed by atoms with Gasteiger partial charge in [-0.05, 0) is 35.4 Å². The van der Waals surface area contributed by atoms with E-state index in [1.54, 1.807) is 6.07 Å². The second kappa shape index (κ2) is 7.23.